The van der Waals surface area contributed by atoms with Crippen molar-refractivity contribution < 1.29 is 9.53 Å². The molecule has 1 amide bonds. The van der Waals surface area contributed by atoms with Gasteiger partial charge in [0.15, 0.2) is 0 Å². The first kappa shape index (κ1) is 12.2. The molecule has 0 aliphatic carbocycles. The average Bonchev–Trinajstić information content (AvgIpc) is 2.93. The number of pyridine rings is 1. The molecule has 0 spiro atoms. The van der Waals surface area contributed by atoms with Gasteiger partial charge in [-0.15, -0.1) is 11.3 Å². The Balaban J connectivity index is 1.85. The fourth-order valence-electron chi connectivity index (χ4n) is 2.31. The van der Waals surface area contributed by atoms with Crippen molar-refractivity contribution in [1.29, 1.82) is 0 Å². The van der Waals surface area contributed by atoms with E-state index in [1.807, 2.05) is 4.90 Å². The zero-order chi connectivity index (χ0) is 13.2. The third-order valence-corrected chi connectivity index (χ3v) is 4.31. The highest BCUT2D eigenvalue weighted by atomic mass is 32.1. The average molecular weight is 274 g/mol. The Bertz CT molecular complexity index is 609. The second-order valence-corrected chi connectivity index (χ2v) is 5.41. The van der Waals surface area contributed by atoms with E-state index < -0.39 is 0 Å². The maximum Gasteiger partial charge on any atom is 0.259 e. The van der Waals surface area contributed by atoms with E-state index in [9.17, 15) is 4.79 Å². The van der Waals surface area contributed by atoms with Crippen LogP contribution >= 0.6 is 11.3 Å². The summed E-state index contributed by atoms with van der Waals surface area (Å²) in [5.41, 5.74) is 1.79. The molecule has 1 aliphatic heterocycles. The Morgan fingerprint density at radius 2 is 2.37 bits per heavy atom. The molecule has 3 rings (SSSR count). The normalized spacial score (nSPS) is 14.1. The van der Waals surface area contributed by atoms with Crippen molar-refractivity contribution >= 4 is 17.2 Å². The van der Waals surface area contributed by atoms with Gasteiger partial charge < -0.3 is 9.64 Å². The number of amides is 1. The SMILES string of the molecule is COc1ncccc1C(=O)N1CCc2sccc2C1. The van der Waals surface area contributed by atoms with E-state index in [1.54, 1.807) is 29.7 Å². The fraction of sp³-hybridized carbons (Fsp3) is 0.286. The van der Waals surface area contributed by atoms with Crippen LogP contribution in [0.2, 0.25) is 0 Å². The van der Waals surface area contributed by atoms with Crippen LogP contribution in [0.1, 0.15) is 20.8 Å². The third kappa shape index (κ3) is 2.21. The monoisotopic (exact) mass is 274 g/mol. The van der Waals surface area contributed by atoms with Gasteiger partial charge in [-0.3, -0.25) is 4.79 Å². The molecule has 3 heterocycles. The summed E-state index contributed by atoms with van der Waals surface area (Å²) >= 11 is 1.77. The Kier molecular flexibility index (Phi) is 3.21. The minimum absolute atomic E-state index is 0.0122. The molecule has 0 saturated carbocycles. The van der Waals surface area contributed by atoms with Gasteiger partial charge in [-0.2, -0.15) is 0 Å². The topological polar surface area (TPSA) is 42.4 Å². The van der Waals surface area contributed by atoms with Gasteiger partial charge in [0.2, 0.25) is 5.88 Å². The number of rotatable bonds is 2. The molecule has 1 aliphatic rings. The van der Waals surface area contributed by atoms with Gasteiger partial charge in [0.05, 0.1) is 7.11 Å². The summed E-state index contributed by atoms with van der Waals surface area (Å²) in [7, 11) is 1.53. The van der Waals surface area contributed by atoms with Crippen LogP contribution in [0.25, 0.3) is 0 Å². The molecule has 0 atom stereocenters. The molecule has 0 fully saturated rings. The molecule has 98 valence electrons. The van der Waals surface area contributed by atoms with Crippen molar-refractivity contribution in [3.63, 3.8) is 0 Å². The summed E-state index contributed by atoms with van der Waals surface area (Å²) in [6, 6.07) is 5.62. The smallest absolute Gasteiger partial charge is 0.259 e. The first-order valence-corrected chi connectivity index (χ1v) is 7.01. The highest BCUT2D eigenvalue weighted by molar-refractivity contribution is 7.10. The van der Waals surface area contributed by atoms with E-state index in [0.29, 0.717) is 18.0 Å². The number of hydrogen-bond acceptors (Lipinski definition) is 4. The number of thiophene rings is 1. The Morgan fingerprint density at radius 3 is 3.21 bits per heavy atom. The molecule has 0 N–H and O–H groups in total. The summed E-state index contributed by atoms with van der Waals surface area (Å²) in [6.45, 7) is 1.43. The minimum atomic E-state index is -0.0122. The van der Waals surface area contributed by atoms with Crippen LogP contribution < -0.4 is 4.74 Å². The highest BCUT2D eigenvalue weighted by Gasteiger charge is 2.24. The quantitative estimate of drug-likeness (QED) is 0.844. The highest BCUT2D eigenvalue weighted by Crippen LogP contribution is 2.26. The molecule has 0 aromatic carbocycles. The van der Waals surface area contributed by atoms with E-state index in [1.165, 1.54) is 17.6 Å². The van der Waals surface area contributed by atoms with Crippen LogP contribution in [0.5, 0.6) is 5.88 Å². The largest absolute Gasteiger partial charge is 0.480 e. The number of ether oxygens (including phenoxy) is 1. The van der Waals surface area contributed by atoms with Gasteiger partial charge >= 0.3 is 0 Å². The van der Waals surface area contributed by atoms with Crippen LogP contribution in [0.3, 0.4) is 0 Å². The van der Waals surface area contributed by atoms with Crippen molar-refractivity contribution in [2.45, 2.75) is 13.0 Å². The summed E-state index contributed by atoms with van der Waals surface area (Å²) in [5.74, 6) is 0.380. The molecular formula is C14H14N2O2S. The van der Waals surface area contributed by atoms with Gasteiger partial charge in [-0.1, -0.05) is 0 Å². The summed E-state index contributed by atoms with van der Waals surface area (Å²) in [6.07, 6.45) is 2.56. The standard InChI is InChI=1S/C14H14N2O2S/c1-18-13-11(3-2-6-15-13)14(17)16-7-4-12-10(9-16)5-8-19-12/h2-3,5-6,8H,4,7,9H2,1H3. The number of carbonyl (C=O) groups is 1. The van der Waals surface area contributed by atoms with E-state index in [2.05, 4.69) is 16.4 Å². The zero-order valence-corrected chi connectivity index (χ0v) is 11.4. The molecule has 5 heteroatoms. The number of carbonyl (C=O) groups excluding carboxylic acids is 1. The first-order valence-electron chi connectivity index (χ1n) is 6.13. The lowest BCUT2D eigenvalue weighted by Crippen LogP contribution is -2.35. The second-order valence-electron chi connectivity index (χ2n) is 4.41. The van der Waals surface area contributed by atoms with Crippen LogP contribution in [0.4, 0.5) is 0 Å². The van der Waals surface area contributed by atoms with Crippen molar-refractivity contribution in [1.82, 2.24) is 9.88 Å². The maximum atomic E-state index is 12.5. The van der Waals surface area contributed by atoms with Gasteiger partial charge in [-0.25, -0.2) is 4.98 Å². The van der Waals surface area contributed by atoms with Crippen molar-refractivity contribution in [3.8, 4) is 5.88 Å². The lowest BCUT2D eigenvalue weighted by atomic mass is 10.1. The second kappa shape index (κ2) is 5.01. The summed E-state index contributed by atoms with van der Waals surface area (Å²) < 4.78 is 5.16. The van der Waals surface area contributed by atoms with Crippen molar-refractivity contribution in [3.05, 3.63) is 45.8 Å². The molecule has 2 aromatic rings. The Morgan fingerprint density at radius 1 is 1.47 bits per heavy atom. The molecule has 0 radical (unpaired) electrons. The first-order chi connectivity index (χ1) is 9.29. The summed E-state index contributed by atoms with van der Waals surface area (Å²) in [5, 5.41) is 2.09. The van der Waals surface area contributed by atoms with E-state index >= 15 is 0 Å². The van der Waals surface area contributed by atoms with E-state index in [0.717, 1.165) is 13.0 Å². The minimum Gasteiger partial charge on any atom is -0.480 e. The molecule has 0 unspecified atom stereocenters. The van der Waals surface area contributed by atoms with Crippen molar-refractivity contribution in [2.75, 3.05) is 13.7 Å². The summed E-state index contributed by atoms with van der Waals surface area (Å²) in [4.78, 5) is 19.8. The third-order valence-electron chi connectivity index (χ3n) is 3.29. The molecular weight excluding hydrogens is 260 g/mol. The number of aromatic nitrogens is 1. The number of methoxy groups -OCH3 is 1. The van der Waals surface area contributed by atoms with Crippen LogP contribution in [0, 0.1) is 0 Å². The molecule has 2 aromatic heterocycles. The van der Waals surface area contributed by atoms with E-state index in [-0.39, 0.29) is 5.91 Å². The Labute approximate surface area is 115 Å². The number of fused-ring (bicyclic) bond motifs is 1. The van der Waals surface area contributed by atoms with Crippen LogP contribution in [-0.2, 0) is 13.0 Å². The molecule has 0 saturated heterocycles. The zero-order valence-electron chi connectivity index (χ0n) is 10.6. The fourth-order valence-corrected chi connectivity index (χ4v) is 3.20. The van der Waals surface area contributed by atoms with Gasteiger partial charge in [0, 0.05) is 24.2 Å². The lowest BCUT2D eigenvalue weighted by molar-refractivity contribution is 0.0731. The molecule has 0 bridgehead atoms. The van der Waals surface area contributed by atoms with Crippen LogP contribution in [-0.4, -0.2) is 29.4 Å². The van der Waals surface area contributed by atoms with Gasteiger partial charge in [0.25, 0.3) is 5.91 Å². The van der Waals surface area contributed by atoms with Crippen LogP contribution in [0.15, 0.2) is 29.8 Å². The van der Waals surface area contributed by atoms with Crippen molar-refractivity contribution in [2.24, 2.45) is 0 Å². The predicted octanol–water partition coefficient (Wildman–Crippen LogP) is 2.35. The molecule has 4 nitrogen and oxygen atoms in total. The van der Waals surface area contributed by atoms with E-state index in [4.69, 9.17) is 4.74 Å². The Hall–Kier alpha value is -1.88. The van der Waals surface area contributed by atoms with Gasteiger partial charge in [-0.05, 0) is 35.6 Å². The predicted molar refractivity (Wildman–Crippen MR) is 73.6 cm³/mol. The van der Waals surface area contributed by atoms with Gasteiger partial charge in [0.1, 0.15) is 5.56 Å². The molecule has 19 heavy (non-hydrogen) atoms. The number of nitrogens with zero attached hydrogens (tertiary/aromatic N) is 2. The lowest BCUT2D eigenvalue weighted by Gasteiger charge is -2.27. The maximum absolute atomic E-state index is 12.5. The number of hydrogen-bond donors (Lipinski definition) is 0.